The Morgan fingerprint density at radius 1 is 0.857 bits per heavy atom. The van der Waals surface area contributed by atoms with Crippen LogP contribution in [0.3, 0.4) is 0 Å². The summed E-state index contributed by atoms with van der Waals surface area (Å²) in [6.07, 6.45) is 2.20. The van der Waals surface area contributed by atoms with Crippen LogP contribution in [0.15, 0.2) is 10.3 Å². The van der Waals surface area contributed by atoms with Gasteiger partial charge in [-0.1, -0.05) is 10.3 Å². The maximum Gasteiger partial charge on any atom is 0.447 e. The van der Waals surface area contributed by atoms with E-state index in [4.69, 9.17) is 0 Å². The molecule has 0 aromatic heterocycles. The molecule has 0 saturated carbocycles. The van der Waals surface area contributed by atoms with Gasteiger partial charge in [0.25, 0.3) is 0 Å². The molecule has 0 N–H and O–H groups in total. The molecule has 0 bridgehead atoms. The van der Waals surface area contributed by atoms with E-state index in [1.54, 1.807) is 13.8 Å². The van der Waals surface area contributed by atoms with E-state index in [0.717, 1.165) is 20.7 Å². The lowest BCUT2D eigenvalue weighted by molar-refractivity contribution is 0.131. The molecule has 8 nitrogen and oxygen atoms in total. The van der Waals surface area contributed by atoms with Gasteiger partial charge in [0.05, 0.1) is 12.1 Å². The molecule has 2 amide bonds. The highest BCUT2D eigenvalue weighted by atomic mass is 32.2. The SMILES string of the molecule is CS/C(C)=N\OC(=O)N(C)SN(C)C(=O)O/N=C(\C)SC. The summed E-state index contributed by atoms with van der Waals surface area (Å²) in [5.41, 5.74) is 0. The van der Waals surface area contributed by atoms with Crippen LogP contribution in [-0.4, -0.2) is 57.5 Å². The van der Waals surface area contributed by atoms with E-state index in [-0.39, 0.29) is 0 Å². The summed E-state index contributed by atoms with van der Waals surface area (Å²) in [6, 6.07) is 0. The molecule has 0 saturated heterocycles. The largest absolute Gasteiger partial charge is 0.447 e. The van der Waals surface area contributed by atoms with E-state index in [0.29, 0.717) is 10.1 Å². The van der Waals surface area contributed by atoms with Gasteiger partial charge in [-0.05, 0) is 26.4 Å². The smallest absolute Gasteiger partial charge is 0.296 e. The first-order chi connectivity index (χ1) is 9.81. The van der Waals surface area contributed by atoms with Gasteiger partial charge in [-0.2, -0.15) is 0 Å². The van der Waals surface area contributed by atoms with Gasteiger partial charge < -0.3 is 0 Å². The van der Waals surface area contributed by atoms with Crippen molar-refractivity contribution in [2.45, 2.75) is 13.8 Å². The van der Waals surface area contributed by atoms with Gasteiger partial charge in [0, 0.05) is 14.1 Å². The van der Waals surface area contributed by atoms with E-state index < -0.39 is 12.2 Å². The van der Waals surface area contributed by atoms with Gasteiger partial charge in [-0.3, -0.25) is 9.68 Å². The molecule has 120 valence electrons. The number of carbonyl (C=O) groups excluding carboxylic acids is 2. The molecule has 0 spiro atoms. The predicted molar refractivity (Wildman–Crippen MR) is 89.3 cm³/mol. The minimum absolute atomic E-state index is 0.608. The third-order valence-electron chi connectivity index (χ3n) is 1.85. The normalized spacial score (nSPS) is 11.9. The van der Waals surface area contributed by atoms with Crippen molar-refractivity contribution < 1.29 is 19.3 Å². The van der Waals surface area contributed by atoms with Crippen LogP contribution in [0.5, 0.6) is 0 Å². The quantitative estimate of drug-likeness (QED) is 0.252. The molecule has 0 radical (unpaired) electrons. The molecular formula is C10H18N4O4S3. The van der Waals surface area contributed by atoms with Crippen LogP contribution in [0.25, 0.3) is 0 Å². The van der Waals surface area contributed by atoms with Crippen LogP contribution in [0, 0.1) is 0 Å². The zero-order valence-electron chi connectivity index (χ0n) is 12.6. The first-order valence-corrected chi connectivity index (χ1v) is 8.74. The number of amides is 2. The molecule has 21 heavy (non-hydrogen) atoms. The summed E-state index contributed by atoms with van der Waals surface area (Å²) in [4.78, 5) is 32.5. The molecule has 0 aliphatic rings. The lowest BCUT2D eigenvalue weighted by atomic mass is 10.9. The summed E-state index contributed by atoms with van der Waals surface area (Å²) in [6.45, 7) is 3.42. The van der Waals surface area contributed by atoms with Gasteiger partial charge in [-0.25, -0.2) is 18.2 Å². The van der Waals surface area contributed by atoms with Crippen molar-refractivity contribution >= 4 is 57.9 Å². The van der Waals surface area contributed by atoms with Gasteiger partial charge in [0.2, 0.25) is 0 Å². The Labute approximate surface area is 136 Å². The van der Waals surface area contributed by atoms with Crippen LogP contribution in [0.2, 0.25) is 0 Å². The van der Waals surface area contributed by atoms with Crippen molar-refractivity contribution in [3.8, 4) is 0 Å². The van der Waals surface area contributed by atoms with Crippen molar-refractivity contribution in [2.75, 3.05) is 26.6 Å². The molecule has 0 aromatic carbocycles. The van der Waals surface area contributed by atoms with Crippen LogP contribution in [0.4, 0.5) is 9.59 Å². The molecule has 0 atom stereocenters. The Bertz CT molecular complexity index is 393. The molecule has 0 aliphatic carbocycles. The third kappa shape index (κ3) is 8.73. The maximum atomic E-state index is 11.6. The first kappa shape index (κ1) is 19.9. The van der Waals surface area contributed by atoms with Crippen molar-refractivity contribution in [2.24, 2.45) is 10.3 Å². The number of oxime groups is 2. The highest BCUT2D eigenvalue weighted by Gasteiger charge is 2.19. The highest BCUT2D eigenvalue weighted by Crippen LogP contribution is 2.15. The molecule has 0 fully saturated rings. The van der Waals surface area contributed by atoms with E-state index in [1.807, 2.05) is 12.5 Å². The fraction of sp³-hybridized carbons (Fsp3) is 0.600. The van der Waals surface area contributed by atoms with Gasteiger partial charge in [-0.15, -0.1) is 23.5 Å². The first-order valence-electron chi connectivity index (χ1n) is 5.56. The fourth-order valence-corrected chi connectivity index (χ4v) is 1.44. The lowest BCUT2D eigenvalue weighted by Gasteiger charge is -2.19. The van der Waals surface area contributed by atoms with Crippen LogP contribution < -0.4 is 0 Å². The number of nitrogens with zero attached hydrogens (tertiary/aromatic N) is 4. The number of rotatable bonds is 4. The molecular weight excluding hydrogens is 336 g/mol. The molecule has 0 heterocycles. The third-order valence-corrected chi connectivity index (χ3v) is 3.97. The zero-order valence-corrected chi connectivity index (χ0v) is 15.1. The highest BCUT2D eigenvalue weighted by molar-refractivity contribution is 8.13. The second-order valence-electron chi connectivity index (χ2n) is 3.42. The summed E-state index contributed by atoms with van der Waals surface area (Å²) < 4.78 is 2.20. The van der Waals surface area contributed by atoms with E-state index in [1.165, 1.54) is 37.6 Å². The second-order valence-corrected chi connectivity index (χ2v) is 6.68. The van der Waals surface area contributed by atoms with Crippen molar-refractivity contribution in [3.63, 3.8) is 0 Å². The van der Waals surface area contributed by atoms with Crippen molar-refractivity contribution in [1.29, 1.82) is 0 Å². The Kier molecular flexibility index (Phi) is 10.1. The fourth-order valence-electron chi connectivity index (χ4n) is 0.647. The molecule has 0 aliphatic heterocycles. The monoisotopic (exact) mass is 354 g/mol. The number of hydrogen-bond acceptors (Lipinski definition) is 9. The Balaban J connectivity index is 4.33. The number of thioether (sulfide) groups is 2. The Hall–Kier alpha value is -1.07. The summed E-state index contributed by atoms with van der Waals surface area (Å²) in [7, 11) is 2.88. The molecule has 0 aromatic rings. The average Bonchev–Trinajstić information content (AvgIpc) is 2.48. The van der Waals surface area contributed by atoms with E-state index >= 15 is 0 Å². The molecule has 11 heteroatoms. The van der Waals surface area contributed by atoms with Crippen molar-refractivity contribution in [3.05, 3.63) is 0 Å². The average molecular weight is 354 g/mol. The molecule has 0 rings (SSSR count). The van der Waals surface area contributed by atoms with Crippen molar-refractivity contribution in [1.82, 2.24) is 8.61 Å². The summed E-state index contributed by atoms with van der Waals surface area (Å²) in [5.74, 6) is 0. The van der Waals surface area contributed by atoms with E-state index in [2.05, 4.69) is 20.0 Å². The van der Waals surface area contributed by atoms with Crippen LogP contribution in [-0.2, 0) is 9.68 Å². The zero-order chi connectivity index (χ0) is 16.4. The van der Waals surface area contributed by atoms with Gasteiger partial charge in [0.1, 0.15) is 10.1 Å². The lowest BCUT2D eigenvalue weighted by Crippen LogP contribution is -2.28. The van der Waals surface area contributed by atoms with E-state index in [9.17, 15) is 9.59 Å². The Morgan fingerprint density at radius 2 is 1.19 bits per heavy atom. The number of carbonyl (C=O) groups is 2. The van der Waals surface area contributed by atoms with Gasteiger partial charge in [0.15, 0.2) is 0 Å². The second kappa shape index (κ2) is 10.6. The minimum Gasteiger partial charge on any atom is -0.296 e. The van der Waals surface area contributed by atoms with Crippen LogP contribution >= 0.6 is 35.7 Å². The summed E-state index contributed by atoms with van der Waals surface area (Å²) in [5, 5.41) is 8.42. The minimum atomic E-state index is -0.711. The summed E-state index contributed by atoms with van der Waals surface area (Å²) >= 11 is 3.51. The standard InChI is InChI=1S/C10H18N4O4S3/c1-7(19-5)11-17-9(15)13(3)21-14(4)10(16)18-12-8(2)20-6/h1-6H3/b11-7-,12-8+. The van der Waals surface area contributed by atoms with Crippen LogP contribution in [0.1, 0.15) is 13.8 Å². The topological polar surface area (TPSA) is 83.8 Å². The predicted octanol–water partition coefficient (Wildman–Crippen LogP) is 3.08. The molecule has 0 unspecified atom stereocenters. The maximum absolute atomic E-state index is 11.6. The number of hydrogen-bond donors (Lipinski definition) is 0. The van der Waals surface area contributed by atoms with Gasteiger partial charge >= 0.3 is 12.2 Å². The Morgan fingerprint density at radius 3 is 1.48 bits per heavy atom.